The van der Waals surface area contributed by atoms with E-state index in [2.05, 4.69) is 26.8 Å². The van der Waals surface area contributed by atoms with Gasteiger partial charge in [-0.3, -0.25) is 0 Å². The SMILES string of the molecule is CC.CCC(C)(C)c1cccc2c1OCCO2. The van der Waals surface area contributed by atoms with Crippen LogP contribution in [0.15, 0.2) is 18.2 Å². The van der Waals surface area contributed by atoms with Gasteiger partial charge in [-0.05, 0) is 17.9 Å². The van der Waals surface area contributed by atoms with Crippen LogP contribution < -0.4 is 9.47 Å². The molecule has 96 valence electrons. The van der Waals surface area contributed by atoms with Crippen molar-refractivity contribution in [3.8, 4) is 11.5 Å². The average Bonchev–Trinajstić information content (AvgIpc) is 2.40. The van der Waals surface area contributed by atoms with Gasteiger partial charge in [-0.1, -0.05) is 46.8 Å². The fraction of sp³-hybridized carbons (Fsp3) is 0.600. The standard InChI is InChI=1S/C13H18O2.C2H6/c1-4-13(2,3)10-6-5-7-11-12(10)15-9-8-14-11;1-2/h5-7H,4,8-9H2,1-3H3;1-2H3. The first-order chi connectivity index (χ1) is 8.15. The average molecular weight is 236 g/mol. The van der Waals surface area contributed by atoms with E-state index in [4.69, 9.17) is 9.47 Å². The van der Waals surface area contributed by atoms with E-state index in [-0.39, 0.29) is 5.41 Å². The largest absolute Gasteiger partial charge is 0.486 e. The number of fused-ring (bicyclic) bond motifs is 1. The molecule has 1 aliphatic heterocycles. The van der Waals surface area contributed by atoms with E-state index in [1.165, 1.54) is 5.56 Å². The van der Waals surface area contributed by atoms with Crippen molar-refractivity contribution in [1.82, 2.24) is 0 Å². The van der Waals surface area contributed by atoms with E-state index in [1.54, 1.807) is 0 Å². The number of benzene rings is 1. The van der Waals surface area contributed by atoms with Crippen molar-refractivity contribution in [2.24, 2.45) is 0 Å². The fourth-order valence-electron chi connectivity index (χ4n) is 1.80. The molecule has 17 heavy (non-hydrogen) atoms. The van der Waals surface area contributed by atoms with Gasteiger partial charge in [0.05, 0.1) is 0 Å². The Kier molecular flexibility index (Phi) is 4.86. The number of para-hydroxylation sites is 1. The minimum atomic E-state index is 0.145. The molecule has 0 N–H and O–H groups in total. The lowest BCUT2D eigenvalue weighted by Crippen LogP contribution is -2.22. The molecule has 0 radical (unpaired) electrons. The van der Waals surface area contributed by atoms with Crippen molar-refractivity contribution in [3.63, 3.8) is 0 Å². The maximum absolute atomic E-state index is 5.72. The summed E-state index contributed by atoms with van der Waals surface area (Å²) in [5, 5.41) is 0. The zero-order chi connectivity index (χ0) is 12.9. The monoisotopic (exact) mass is 236 g/mol. The van der Waals surface area contributed by atoms with E-state index < -0.39 is 0 Å². The van der Waals surface area contributed by atoms with Gasteiger partial charge in [0.1, 0.15) is 13.2 Å². The summed E-state index contributed by atoms with van der Waals surface area (Å²) in [5.41, 5.74) is 1.40. The minimum absolute atomic E-state index is 0.145. The van der Waals surface area contributed by atoms with Gasteiger partial charge in [-0.15, -0.1) is 0 Å². The summed E-state index contributed by atoms with van der Waals surface area (Å²) in [5.74, 6) is 1.83. The Morgan fingerprint density at radius 2 is 1.76 bits per heavy atom. The molecular weight excluding hydrogens is 212 g/mol. The lowest BCUT2D eigenvalue weighted by Gasteiger charge is -2.29. The maximum atomic E-state index is 5.72. The predicted octanol–water partition coefficient (Wildman–Crippen LogP) is 4.17. The molecule has 1 heterocycles. The van der Waals surface area contributed by atoms with E-state index in [9.17, 15) is 0 Å². The first-order valence-corrected chi connectivity index (χ1v) is 6.54. The van der Waals surface area contributed by atoms with Crippen LogP contribution >= 0.6 is 0 Å². The molecule has 2 heteroatoms. The maximum Gasteiger partial charge on any atom is 0.165 e. The fourth-order valence-corrected chi connectivity index (χ4v) is 1.80. The molecule has 0 aromatic heterocycles. The molecule has 2 nitrogen and oxygen atoms in total. The molecule has 2 rings (SSSR count). The summed E-state index contributed by atoms with van der Waals surface area (Å²) in [4.78, 5) is 0. The third kappa shape index (κ3) is 2.93. The second-order valence-corrected chi connectivity index (χ2v) is 4.57. The third-order valence-corrected chi connectivity index (χ3v) is 3.18. The van der Waals surface area contributed by atoms with E-state index in [1.807, 2.05) is 26.0 Å². The normalized spacial score (nSPS) is 13.7. The first-order valence-electron chi connectivity index (χ1n) is 6.54. The second-order valence-electron chi connectivity index (χ2n) is 4.57. The number of rotatable bonds is 2. The van der Waals surface area contributed by atoms with Crippen molar-refractivity contribution in [3.05, 3.63) is 23.8 Å². The number of ether oxygens (including phenoxy) is 2. The van der Waals surface area contributed by atoms with Crippen molar-refractivity contribution in [2.45, 2.75) is 46.5 Å². The van der Waals surface area contributed by atoms with Crippen molar-refractivity contribution >= 4 is 0 Å². The van der Waals surface area contributed by atoms with Gasteiger partial charge in [0.2, 0.25) is 0 Å². The Morgan fingerprint density at radius 1 is 1.12 bits per heavy atom. The highest BCUT2D eigenvalue weighted by Crippen LogP contribution is 2.41. The Morgan fingerprint density at radius 3 is 2.41 bits per heavy atom. The molecular formula is C15H24O2. The molecule has 0 saturated heterocycles. The van der Waals surface area contributed by atoms with Crippen LogP contribution in [0.4, 0.5) is 0 Å². The van der Waals surface area contributed by atoms with E-state index >= 15 is 0 Å². The summed E-state index contributed by atoms with van der Waals surface area (Å²) in [6.45, 7) is 12.0. The summed E-state index contributed by atoms with van der Waals surface area (Å²) in [6.07, 6.45) is 1.09. The Labute approximate surface area is 105 Å². The van der Waals surface area contributed by atoms with Crippen molar-refractivity contribution in [2.75, 3.05) is 13.2 Å². The minimum Gasteiger partial charge on any atom is -0.486 e. The molecule has 1 aliphatic rings. The summed E-state index contributed by atoms with van der Waals surface area (Å²) < 4.78 is 11.3. The van der Waals surface area contributed by atoms with Crippen LogP contribution in [0.25, 0.3) is 0 Å². The van der Waals surface area contributed by atoms with Gasteiger partial charge in [-0.2, -0.15) is 0 Å². The van der Waals surface area contributed by atoms with Crippen LogP contribution in [0.1, 0.15) is 46.6 Å². The lowest BCUT2D eigenvalue weighted by atomic mass is 9.81. The van der Waals surface area contributed by atoms with Gasteiger partial charge in [0.15, 0.2) is 11.5 Å². The van der Waals surface area contributed by atoms with Crippen LogP contribution in [0.2, 0.25) is 0 Å². The summed E-state index contributed by atoms with van der Waals surface area (Å²) in [7, 11) is 0. The highest BCUT2D eigenvalue weighted by Gasteiger charge is 2.26. The van der Waals surface area contributed by atoms with Gasteiger partial charge < -0.3 is 9.47 Å². The zero-order valence-corrected chi connectivity index (χ0v) is 11.7. The summed E-state index contributed by atoms with van der Waals surface area (Å²) in [6, 6.07) is 6.15. The van der Waals surface area contributed by atoms with Crippen LogP contribution in [0.5, 0.6) is 11.5 Å². The molecule has 0 bridgehead atoms. The predicted molar refractivity (Wildman–Crippen MR) is 72.1 cm³/mol. The zero-order valence-electron chi connectivity index (χ0n) is 11.7. The molecule has 0 aliphatic carbocycles. The molecule has 1 aromatic rings. The quantitative estimate of drug-likeness (QED) is 0.767. The third-order valence-electron chi connectivity index (χ3n) is 3.18. The Hall–Kier alpha value is -1.18. The lowest BCUT2D eigenvalue weighted by molar-refractivity contribution is 0.167. The first kappa shape index (κ1) is 13.9. The van der Waals surface area contributed by atoms with Crippen LogP contribution in [-0.4, -0.2) is 13.2 Å². The topological polar surface area (TPSA) is 18.5 Å². The van der Waals surface area contributed by atoms with Gasteiger partial charge in [0, 0.05) is 5.56 Å². The van der Waals surface area contributed by atoms with Gasteiger partial charge in [-0.25, -0.2) is 0 Å². The van der Waals surface area contributed by atoms with Gasteiger partial charge in [0.25, 0.3) is 0 Å². The molecule has 0 fully saturated rings. The Balaban J connectivity index is 0.000000686. The highest BCUT2D eigenvalue weighted by molar-refractivity contribution is 5.50. The van der Waals surface area contributed by atoms with Crippen LogP contribution in [-0.2, 0) is 5.41 Å². The second kappa shape index (κ2) is 5.95. The highest BCUT2D eigenvalue weighted by atomic mass is 16.6. The molecule has 0 amide bonds. The number of hydrogen-bond donors (Lipinski definition) is 0. The molecule has 0 unspecified atom stereocenters. The van der Waals surface area contributed by atoms with E-state index in [0.717, 1.165) is 17.9 Å². The molecule has 0 atom stereocenters. The molecule has 0 spiro atoms. The Bertz CT molecular complexity index is 356. The van der Waals surface area contributed by atoms with Crippen LogP contribution in [0, 0.1) is 0 Å². The van der Waals surface area contributed by atoms with Gasteiger partial charge >= 0.3 is 0 Å². The molecule has 0 saturated carbocycles. The van der Waals surface area contributed by atoms with Crippen molar-refractivity contribution in [1.29, 1.82) is 0 Å². The molecule has 1 aromatic carbocycles. The van der Waals surface area contributed by atoms with Crippen LogP contribution in [0.3, 0.4) is 0 Å². The number of hydrogen-bond acceptors (Lipinski definition) is 2. The van der Waals surface area contributed by atoms with Crippen molar-refractivity contribution < 1.29 is 9.47 Å². The smallest absolute Gasteiger partial charge is 0.165 e. The summed E-state index contributed by atoms with van der Waals surface area (Å²) >= 11 is 0. The van der Waals surface area contributed by atoms with E-state index in [0.29, 0.717) is 13.2 Å².